The van der Waals surface area contributed by atoms with E-state index in [1.807, 2.05) is 12.1 Å². The predicted octanol–water partition coefficient (Wildman–Crippen LogP) is 0.713. The molecular formula is C28H40N8O3. The highest BCUT2D eigenvalue weighted by Gasteiger charge is 2.55. The Morgan fingerprint density at radius 2 is 1.67 bits per heavy atom. The number of hydrogen-bond acceptors (Lipinski definition) is 7. The molecule has 1 saturated carbocycles. The summed E-state index contributed by atoms with van der Waals surface area (Å²) in [7, 11) is 0. The van der Waals surface area contributed by atoms with Gasteiger partial charge < -0.3 is 21.3 Å². The standard InChI is InChI=1S/C28H40N8O3/c1-18(35-16-22-21(15-29)23(22)17-35)14-19-4-6-20(7-5-19)36-9-8-24(32-27(36)39)31-26(38)34-12-10-33(11-13-34)25(37)28(2,3)30/h4-9,18,21-23H,10-17,29-30H2,1-3H3,(H,31,32,38,39)/t18-,21?,22-,23+/m1/s1. The molecule has 3 aliphatic rings. The SMILES string of the molecule is C[C@H](Cc1ccc(-n2ccc(NC(=O)N3CCN(C(=O)C(C)(C)N)CC3)nc2=O)cc1)N1C[C@@H]2C(CN)[C@@H]2C1. The van der Waals surface area contributed by atoms with Gasteiger partial charge in [-0.3, -0.25) is 19.6 Å². The quantitative estimate of drug-likeness (QED) is 0.473. The van der Waals surface area contributed by atoms with E-state index in [1.165, 1.54) is 10.1 Å². The minimum atomic E-state index is -0.945. The summed E-state index contributed by atoms with van der Waals surface area (Å²) in [5.74, 6) is 2.36. The van der Waals surface area contributed by atoms with Crippen LogP contribution in [0.4, 0.5) is 10.6 Å². The highest BCUT2D eigenvalue weighted by atomic mass is 16.2. The van der Waals surface area contributed by atoms with Crippen molar-refractivity contribution >= 4 is 17.8 Å². The van der Waals surface area contributed by atoms with E-state index in [-0.39, 0.29) is 17.8 Å². The topological polar surface area (TPSA) is 143 Å². The molecule has 11 heteroatoms. The minimum Gasteiger partial charge on any atom is -0.338 e. The van der Waals surface area contributed by atoms with Gasteiger partial charge in [-0.25, -0.2) is 9.59 Å². The van der Waals surface area contributed by atoms with Crippen molar-refractivity contribution in [3.8, 4) is 5.69 Å². The van der Waals surface area contributed by atoms with E-state index in [9.17, 15) is 14.4 Å². The van der Waals surface area contributed by atoms with E-state index in [0.717, 1.165) is 49.5 Å². The van der Waals surface area contributed by atoms with E-state index in [0.29, 0.717) is 32.2 Å². The number of anilines is 1. The van der Waals surface area contributed by atoms with Gasteiger partial charge in [0, 0.05) is 51.5 Å². The molecule has 4 atom stereocenters. The lowest BCUT2D eigenvalue weighted by Crippen LogP contribution is -2.58. The Balaban J connectivity index is 1.13. The fraction of sp³-hybridized carbons (Fsp3) is 0.571. The Morgan fingerprint density at radius 1 is 1.05 bits per heavy atom. The molecule has 3 amide bonds. The van der Waals surface area contributed by atoms with Crippen LogP contribution in [0.15, 0.2) is 41.3 Å². The highest BCUT2D eigenvalue weighted by Crippen LogP contribution is 2.51. The maximum absolute atomic E-state index is 12.7. The number of aromatic nitrogens is 2. The highest BCUT2D eigenvalue weighted by molar-refractivity contribution is 5.89. The van der Waals surface area contributed by atoms with E-state index in [4.69, 9.17) is 11.5 Å². The molecule has 1 unspecified atom stereocenters. The van der Waals surface area contributed by atoms with Crippen LogP contribution in [0.2, 0.25) is 0 Å². The number of hydrogen-bond donors (Lipinski definition) is 3. The van der Waals surface area contributed by atoms with Crippen LogP contribution in [-0.4, -0.2) is 93.6 Å². The van der Waals surface area contributed by atoms with Gasteiger partial charge in [0.1, 0.15) is 5.82 Å². The molecule has 1 aromatic heterocycles. The first kappa shape index (κ1) is 27.3. The molecule has 39 heavy (non-hydrogen) atoms. The number of benzene rings is 1. The maximum Gasteiger partial charge on any atom is 0.354 e. The summed E-state index contributed by atoms with van der Waals surface area (Å²) >= 11 is 0. The lowest BCUT2D eigenvalue weighted by atomic mass is 10.0. The Labute approximate surface area is 229 Å². The summed E-state index contributed by atoms with van der Waals surface area (Å²) in [4.78, 5) is 47.7. The van der Waals surface area contributed by atoms with Gasteiger partial charge in [-0.15, -0.1) is 0 Å². The molecule has 2 saturated heterocycles. The van der Waals surface area contributed by atoms with Gasteiger partial charge in [-0.2, -0.15) is 4.98 Å². The van der Waals surface area contributed by atoms with Crippen LogP contribution in [0.1, 0.15) is 26.3 Å². The number of nitrogens with one attached hydrogen (secondary N) is 1. The summed E-state index contributed by atoms with van der Waals surface area (Å²) in [5.41, 5.74) is 12.3. The molecule has 11 nitrogen and oxygen atoms in total. The molecule has 2 aromatic rings. The van der Waals surface area contributed by atoms with Crippen LogP contribution in [0.25, 0.3) is 5.69 Å². The first-order valence-electron chi connectivity index (χ1n) is 13.8. The summed E-state index contributed by atoms with van der Waals surface area (Å²) in [6, 6.07) is 9.70. The van der Waals surface area contributed by atoms with Gasteiger partial charge in [0.05, 0.1) is 11.2 Å². The number of nitrogens with two attached hydrogens (primary N) is 2. The van der Waals surface area contributed by atoms with Crippen molar-refractivity contribution in [3.05, 3.63) is 52.6 Å². The fourth-order valence-corrected chi connectivity index (χ4v) is 6.03. The second-order valence-electron chi connectivity index (χ2n) is 11.8. The van der Waals surface area contributed by atoms with Gasteiger partial charge in [-0.05, 0) is 75.3 Å². The number of piperazine rings is 1. The average molecular weight is 537 g/mol. The van der Waals surface area contributed by atoms with Gasteiger partial charge in [0.25, 0.3) is 0 Å². The van der Waals surface area contributed by atoms with Gasteiger partial charge in [0.2, 0.25) is 5.91 Å². The van der Waals surface area contributed by atoms with Crippen LogP contribution >= 0.6 is 0 Å². The summed E-state index contributed by atoms with van der Waals surface area (Å²) in [6.07, 6.45) is 2.57. The molecule has 0 bridgehead atoms. The number of amides is 3. The lowest BCUT2D eigenvalue weighted by molar-refractivity contribution is -0.137. The van der Waals surface area contributed by atoms with Crippen molar-refractivity contribution in [2.24, 2.45) is 29.2 Å². The number of fused-ring (bicyclic) bond motifs is 1. The molecule has 5 rings (SSSR count). The van der Waals surface area contributed by atoms with Crippen LogP contribution in [0.3, 0.4) is 0 Å². The molecule has 5 N–H and O–H groups in total. The summed E-state index contributed by atoms with van der Waals surface area (Å²) in [6.45, 7) is 10.3. The maximum atomic E-state index is 12.7. The molecule has 210 valence electrons. The number of carbonyl (C=O) groups excluding carboxylic acids is 2. The third kappa shape index (κ3) is 5.85. The van der Waals surface area contributed by atoms with E-state index in [2.05, 4.69) is 34.3 Å². The molecule has 1 aromatic carbocycles. The third-order valence-corrected chi connectivity index (χ3v) is 8.48. The molecule has 0 radical (unpaired) electrons. The Hall–Kier alpha value is -3.28. The van der Waals surface area contributed by atoms with E-state index >= 15 is 0 Å². The number of piperidine rings is 1. The zero-order valence-electron chi connectivity index (χ0n) is 23.0. The normalized spacial score (nSPS) is 23.9. The van der Waals surface area contributed by atoms with E-state index < -0.39 is 11.2 Å². The number of urea groups is 1. The molecule has 1 aliphatic carbocycles. The predicted molar refractivity (Wildman–Crippen MR) is 150 cm³/mol. The Kier molecular flexibility index (Phi) is 7.49. The van der Waals surface area contributed by atoms with Crippen LogP contribution < -0.4 is 22.5 Å². The smallest absolute Gasteiger partial charge is 0.338 e. The molecule has 0 spiro atoms. The Morgan fingerprint density at radius 3 is 2.23 bits per heavy atom. The second-order valence-corrected chi connectivity index (χ2v) is 11.8. The van der Waals surface area contributed by atoms with Crippen molar-refractivity contribution in [2.45, 2.75) is 38.8 Å². The average Bonchev–Trinajstić information content (AvgIpc) is 3.38. The zero-order chi connectivity index (χ0) is 27.9. The number of rotatable bonds is 7. The largest absolute Gasteiger partial charge is 0.354 e. The minimum absolute atomic E-state index is 0.140. The molecule has 3 fully saturated rings. The van der Waals surface area contributed by atoms with Crippen molar-refractivity contribution in [3.63, 3.8) is 0 Å². The van der Waals surface area contributed by atoms with Crippen molar-refractivity contribution in [1.29, 1.82) is 0 Å². The van der Waals surface area contributed by atoms with Crippen molar-refractivity contribution < 1.29 is 9.59 Å². The van der Waals surface area contributed by atoms with Crippen LogP contribution in [0.5, 0.6) is 0 Å². The number of nitrogens with zero attached hydrogens (tertiary/aromatic N) is 5. The fourth-order valence-electron chi connectivity index (χ4n) is 6.03. The molecular weight excluding hydrogens is 496 g/mol. The van der Waals surface area contributed by atoms with Crippen molar-refractivity contribution in [1.82, 2.24) is 24.3 Å². The van der Waals surface area contributed by atoms with Gasteiger partial charge in [0.15, 0.2) is 0 Å². The van der Waals surface area contributed by atoms with Crippen LogP contribution in [-0.2, 0) is 11.2 Å². The van der Waals surface area contributed by atoms with Gasteiger partial charge >= 0.3 is 11.7 Å². The number of carbonyl (C=O) groups is 2. The zero-order valence-corrected chi connectivity index (χ0v) is 23.0. The summed E-state index contributed by atoms with van der Waals surface area (Å²) in [5, 5.41) is 2.70. The second kappa shape index (κ2) is 10.7. The monoisotopic (exact) mass is 536 g/mol. The lowest BCUT2D eigenvalue weighted by Gasteiger charge is -2.37. The summed E-state index contributed by atoms with van der Waals surface area (Å²) < 4.78 is 1.46. The first-order valence-corrected chi connectivity index (χ1v) is 13.8. The molecule has 3 heterocycles. The molecule has 2 aliphatic heterocycles. The number of likely N-dealkylation sites (tertiary alicyclic amines) is 1. The van der Waals surface area contributed by atoms with Crippen LogP contribution in [0, 0.1) is 17.8 Å². The first-order chi connectivity index (χ1) is 18.5. The van der Waals surface area contributed by atoms with Gasteiger partial charge in [-0.1, -0.05) is 12.1 Å². The van der Waals surface area contributed by atoms with Crippen molar-refractivity contribution in [2.75, 3.05) is 51.1 Å². The van der Waals surface area contributed by atoms with E-state index in [1.54, 1.807) is 35.9 Å². The third-order valence-electron chi connectivity index (χ3n) is 8.48. The Bertz CT molecular complexity index is 1250.